The molecule has 0 radical (unpaired) electrons. The van der Waals surface area contributed by atoms with Gasteiger partial charge in [0.2, 0.25) is 0 Å². The fraction of sp³-hybridized carbons (Fsp3) is 0.619. The highest BCUT2D eigenvalue weighted by molar-refractivity contribution is 5.82. The summed E-state index contributed by atoms with van der Waals surface area (Å²) in [5.41, 5.74) is 1.24. The number of piperazine rings is 1. The molecule has 7 heteroatoms. The zero-order valence-electron chi connectivity index (χ0n) is 17.1. The van der Waals surface area contributed by atoms with Gasteiger partial charge in [0, 0.05) is 65.7 Å². The van der Waals surface area contributed by atoms with Crippen molar-refractivity contribution in [1.29, 1.82) is 0 Å². The van der Waals surface area contributed by atoms with E-state index in [9.17, 15) is 4.79 Å². The predicted molar refractivity (Wildman–Crippen MR) is 113 cm³/mol. The Labute approximate surface area is 168 Å². The molecule has 2 fully saturated rings. The number of nitrogens with zero attached hydrogens (tertiary/aromatic N) is 4. The molecule has 1 aromatic rings. The molecule has 1 amide bonds. The summed E-state index contributed by atoms with van der Waals surface area (Å²) in [5, 5.41) is 3.47. The highest BCUT2D eigenvalue weighted by Crippen LogP contribution is 2.16. The van der Waals surface area contributed by atoms with Crippen LogP contribution in [0.15, 0.2) is 35.3 Å². The zero-order chi connectivity index (χ0) is 19.8. The number of hydrogen-bond acceptors (Lipinski definition) is 4. The van der Waals surface area contributed by atoms with Crippen LogP contribution in [0.5, 0.6) is 0 Å². The molecule has 1 N–H and O–H groups in total. The number of para-hydroxylation sites is 1. The number of benzene rings is 1. The predicted octanol–water partition coefficient (Wildman–Crippen LogP) is 1.41. The monoisotopic (exact) mass is 387 g/mol. The smallest absolute Gasteiger partial charge is 0.251 e. The lowest BCUT2D eigenvalue weighted by Gasteiger charge is -2.37. The molecule has 1 atom stereocenters. The van der Waals surface area contributed by atoms with Crippen molar-refractivity contribution < 1.29 is 9.53 Å². The molecule has 154 valence electrons. The lowest BCUT2D eigenvalue weighted by Crippen LogP contribution is -2.55. The van der Waals surface area contributed by atoms with E-state index in [1.807, 2.05) is 18.0 Å². The first-order valence-electron chi connectivity index (χ1n) is 10.3. The van der Waals surface area contributed by atoms with Crippen molar-refractivity contribution in [3.05, 3.63) is 30.3 Å². The van der Waals surface area contributed by atoms with Crippen LogP contribution in [0.3, 0.4) is 0 Å². The number of anilines is 1. The summed E-state index contributed by atoms with van der Waals surface area (Å²) in [7, 11) is 3.94. The topological polar surface area (TPSA) is 60.4 Å². The van der Waals surface area contributed by atoms with E-state index >= 15 is 0 Å². The molecule has 0 aliphatic carbocycles. The van der Waals surface area contributed by atoms with Crippen LogP contribution in [0.4, 0.5) is 5.69 Å². The van der Waals surface area contributed by atoms with Crippen LogP contribution in [0.25, 0.3) is 0 Å². The second-order valence-electron chi connectivity index (χ2n) is 7.40. The van der Waals surface area contributed by atoms with Gasteiger partial charge in [-0.1, -0.05) is 18.2 Å². The SMILES string of the molecule is CN=C(NCCCN(C)c1ccccc1)N1CCN(C(=O)C2CCCO2)CC1. The molecule has 1 aromatic carbocycles. The van der Waals surface area contributed by atoms with E-state index in [1.54, 1.807) is 0 Å². The Morgan fingerprint density at radius 3 is 2.57 bits per heavy atom. The third-order valence-corrected chi connectivity index (χ3v) is 5.46. The van der Waals surface area contributed by atoms with Crippen molar-refractivity contribution in [3.8, 4) is 0 Å². The average molecular weight is 388 g/mol. The lowest BCUT2D eigenvalue weighted by atomic mass is 10.2. The minimum absolute atomic E-state index is 0.157. The van der Waals surface area contributed by atoms with Gasteiger partial charge in [-0.2, -0.15) is 0 Å². The fourth-order valence-electron chi connectivity index (χ4n) is 3.77. The Bertz CT molecular complexity index is 637. The first-order valence-corrected chi connectivity index (χ1v) is 10.3. The van der Waals surface area contributed by atoms with Gasteiger partial charge in [0.25, 0.3) is 5.91 Å². The van der Waals surface area contributed by atoms with Gasteiger partial charge in [-0.3, -0.25) is 9.79 Å². The van der Waals surface area contributed by atoms with Gasteiger partial charge in [-0.25, -0.2) is 0 Å². The van der Waals surface area contributed by atoms with Gasteiger partial charge in [0.15, 0.2) is 5.96 Å². The van der Waals surface area contributed by atoms with Crippen LogP contribution in [-0.2, 0) is 9.53 Å². The molecule has 0 saturated carbocycles. The summed E-state index contributed by atoms with van der Waals surface area (Å²) >= 11 is 0. The molecule has 3 rings (SSSR count). The largest absolute Gasteiger partial charge is 0.375 e. The maximum Gasteiger partial charge on any atom is 0.251 e. The molecular formula is C21H33N5O2. The lowest BCUT2D eigenvalue weighted by molar-refractivity contribution is -0.142. The number of nitrogens with one attached hydrogen (secondary N) is 1. The third kappa shape index (κ3) is 5.38. The van der Waals surface area contributed by atoms with Crippen LogP contribution >= 0.6 is 0 Å². The van der Waals surface area contributed by atoms with Crippen LogP contribution < -0.4 is 10.2 Å². The van der Waals surface area contributed by atoms with E-state index in [-0.39, 0.29) is 12.0 Å². The summed E-state index contributed by atoms with van der Waals surface area (Å²) in [6.07, 6.45) is 2.67. The first kappa shape index (κ1) is 20.5. The van der Waals surface area contributed by atoms with Crippen LogP contribution in [0, 0.1) is 0 Å². The van der Waals surface area contributed by atoms with Crippen molar-refractivity contribution in [2.75, 3.05) is 64.9 Å². The van der Waals surface area contributed by atoms with Gasteiger partial charge >= 0.3 is 0 Å². The maximum absolute atomic E-state index is 12.5. The van der Waals surface area contributed by atoms with Crippen molar-refractivity contribution in [3.63, 3.8) is 0 Å². The molecule has 7 nitrogen and oxygen atoms in total. The highest BCUT2D eigenvalue weighted by Gasteiger charge is 2.30. The number of amides is 1. The van der Waals surface area contributed by atoms with Crippen molar-refractivity contribution in [1.82, 2.24) is 15.1 Å². The van der Waals surface area contributed by atoms with Gasteiger partial charge < -0.3 is 24.8 Å². The number of rotatable bonds is 6. The standard InChI is InChI=1S/C21H33N5O2/c1-22-21(23-11-7-12-24(2)18-8-4-3-5-9-18)26-15-13-25(14-16-26)20(27)19-10-6-17-28-19/h3-5,8-9,19H,6-7,10-17H2,1-2H3,(H,22,23). The summed E-state index contributed by atoms with van der Waals surface area (Å²) in [6, 6.07) is 10.4. The average Bonchev–Trinajstić information content (AvgIpc) is 3.29. The third-order valence-electron chi connectivity index (χ3n) is 5.46. The normalized spacial score (nSPS) is 20.4. The molecule has 2 aliphatic rings. The molecule has 28 heavy (non-hydrogen) atoms. The molecule has 1 unspecified atom stereocenters. The summed E-state index contributed by atoms with van der Waals surface area (Å²) in [4.78, 5) is 23.3. The molecule has 0 aromatic heterocycles. The Morgan fingerprint density at radius 2 is 1.93 bits per heavy atom. The molecular weight excluding hydrogens is 354 g/mol. The van der Waals surface area contributed by atoms with Crippen molar-refractivity contribution in [2.45, 2.75) is 25.4 Å². The summed E-state index contributed by atoms with van der Waals surface area (Å²) in [5.74, 6) is 1.08. The zero-order valence-corrected chi connectivity index (χ0v) is 17.1. The van der Waals surface area contributed by atoms with Gasteiger partial charge in [0.1, 0.15) is 6.10 Å². The minimum atomic E-state index is -0.217. The minimum Gasteiger partial charge on any atom is -0.375 e. The maximum atomic E-state index is 12.5. The highest BCUT2D eigenvalue weighted by atomic mass is 16.5. The number of hydrogen-bond donors (Lipinski definition) is 1. The quantitative estimate of drug-likeness (QED) is 0.454. The summed E-state index contributed by atoms with van der Waals surface area (Å²) in [6.45, 7) is 5.65. The van der Waals surface area contributed by atoms with Crippen molar-refractivity contribution >= 4 is 17.6 Å². The van der Waals surface area contributed by atoms with E-state index < -0.39 is 0 Å². The first-order chi connectivity index (χ1) is 13.7. The second-order valence-corrected chi connectivity index (χ2v) is 7.40. The Morgan fingerprint density at radius 1 is 1.21 bits per heavy atom. The second kappa shape index (κ2) is 10.3. The molecule has 0 spiro atoms. The van der Waals surface area contributed by atoms with Gasteiger partial charge in [-0.05, 0) is 31.4 Å². The van der Waals surface area contributed by atoms with Crippen LogP contribution in [-0.4, -0.2) is 87.7 Å². The number of guanidine groups is 1. The molecule has 2 aliphatic heterocycles. The van der Waals surface area contributed by atoms with E-state index in [1.165, 1.54) is 5.69 Å². The Balaban J connectivity index is 1.37. The molecule has 2 saturated heterocycles. The summed E-state index contributed by atoms with van der Waals surface area (Å²) < 4.78 is 5.54. The number of aliphatic imine (C=N–C) groups is 1. The number of ether oxygens (including phenoxy) is 1. The van der Waals surface area contributed by atoms with Crippen LogP contribution in [0.1, 0.15) is 19.3 Å². The van der Waals surface area contributed by atoms with E-state index in [2.05, 4.69) is 51.4 Å². The fourth-order valence-corrected chi connectivity index (χ4v) is 3.77. The number of carbonyl (C=O) groups excluding carboxylic acids is 1. The Hall–Kier alpha value is -2.28. The van der Waals surface area contributed by atoms with Gasteiger partial charge in [-0.15, -0.1) is 0 Å². The van der Waals surface area contributed by atoms with Crippen LogP contribution in [0.2, 0.25) is 0 Å². The van der Waals surface area contributed by atoms with E-state index in [0.717, 1.165) is 64.5 Å². The molecule has 0 bridgehead atoms. The Kier molecular flexibility index (Phi) is 7.54. The molecule has 2 heterocycles. The van der Waals surface area contributed by atoms with E-state index in [4.69, 9.17) is 4.74 Å². The van der Waals surface area contributed by atoms with Gasteiger partial charge in [0.05, 0.1) is 0 Å². The number of carbonyl (C=O) groups is 1. The van der Waals surface area contributed by atoms with Crippen molar-refractivity contribution in [2.24, 2.45) is 4.99 Å². The van der Waals surface area contributed by atoms with E-state index in [0.29, 0.717) is 6.61 Å².